The molecule has 11 nitrogen and oxygen atoms in total. The van der Waals surface area contributed by atoms with Crippen molar-refractivity contribution in [1.82, 2.24) is 29.4 Å². The van der Waals surface area contributed by atoms with E-state index < -0.39 is 23.2 Å². The lowest BCUT2D eigenvalue weighted by Crippen LogP contribution is -2.33. The van der Waals surface area contributed by atoms with Gasteiger partial charge >= 0.3 is 0 Å². The number of carbonyl (C=O) groups excluding carboxylic acids is 3. The van der Waals surface area contributed by atoms with Crippen LogP contribution in [0.4, 0.5) is 10.2 Å². The van der Waals surface area contributed by atoms with Crippen molar-refractivity contribution in [2.45, 2.75) is 64.7 Å². The van der Waals surface area contributed by atoms with E-state index in [1.165, 1.54) is 21.6 Å². The number of amides is 3. The number of hydrogen-bond acceptors (Lipinski definition) is 6. The molecule has 5 rings (SSSR count). The third kappa shape index (κ3) is 4.23. The van der Waals surface area contributed by atoms with Crippen LogP contribution in [0.2, 0.25) is 0 Å². The first-order chi connectivity index (χ1) is 17.2. The topological polar surface area (TPSA) is 131 Å². The molecule has 36 heavy (non-hydrogen) atoms. The van der Waals surface area contributed by atoms with Crippen molar-refractivity contribution in [3.05, 3.63) is 57.5 Å². The van der Waals surface area contributed by atoms with Gasteiger partial charge in [-0.25, -0.2) is 9.37 Å². The fourth-order valence-corrected chi connectivity index (χ4v) is 4.78. The molecule has 12 heteroatoms. The molecule has 0 spiro atoms. The molecule has 1 fully saturated rings. The number of nitrogens with zero attached hydrogens (tertiary/aromatic N) is 5. The summed E-state index contributed by atoms with van der Waals surface area (Å²) in [7, 11) is 0. The van der Waals surface area contributed by atoms with E-state index in [0.29, 0.717) is 0 Å². The average Bonchev–Trinajstić information content (AvgIpc) is 3.57. The summed E-state index contributed by atoms with van der Waals surface area (Å²) in [5.74, 6) is -1.75. The first kappa shape index (κ1) is 23.6. The monoisotopic (exact) mass is 495 g/mol. The van der Waals surface area contributed by atoms with Crippen LogP contribution in [0.3, 0.4) is 0 Å². The third-order valence-corrected chi connectivity index (χ3v) is 6.61. The molecule has 3 aromatic heterocycles. The number of rotatable bonds is 6. The number of nitrogens with one attached hydrogen (secondary N) is 2. The van der Waals surface area contributed by atoms with Crippen LogP contribution >= 0.6 is 0 Å². The second kappa shape index (κ2) is 9.17. The predicted octanol–water partition coefficient (Wildman–Crippen LogP) is 1.71. The van der Waals surface area contributed by atoms with Crippen LogP contribution in [-0.2, 0) is 17.9 Å². The highest BCUT2D eigenvalue weighted by atomic mass is 19.1. The number of anilines is 1. The summed E-state index contributed by atoms with van der Waals surface area (Å²) >= 11 is 0. The Balaban J connectivity index is 1.55. The lowest BCUT2D eigenvalue weighted by atomic mass is 10.2. The molecule has 0 radical (unpaired) electrons. The standard InChI is InChI=1S/C24H26FN7O4/c1-13(2)30-11-16-21(24(30)36)31(12-19(33)28-18-8-7-14(25)10-26-18)20-9-17(29-32(20)23(16)35)22(34)27-15-5-3-4-6-15/h7-10,13,15H,3-6,11-12H2,1-2H3,(H,27,34)(H,26,28,33). The smallest absolute Gasteiger partial charge is 0.280 e. The second-order valence-electron chi connectivity index (χ2n) is 9.41. The summed E-state index contributed by atoms with van der Waals surface area (Å²) in [5.41, 5.74) is -0.0270. The average molecular weight is 496 g/mol. The molecular weight excluding hydrogens is 469 g/mol. The van der Waals surface area contributed by atoms with Gasteiger partial charge in [-0.05, 0) is 38.8 Å². The highest BCUT2D eigenvalue weighted by Crippen LogP contribution is 2.25. The van der Waals surface area contributed by atoms with Crippen LogP contribution in [0.15, 0.2) is 29.2 Å². The number of carbonyl (C=O) groups is 3. The fourth-order valence-electron chi connectivity index (χ4n) is 4.78. The van der Waals surface area contributed by atoms with Crippen molar-refractivity contribution in [1.29, 1.82) is 0 Å². The summed E-state index contributed by atoms with van der Waals surface area (Å²) in [6, 6.07) is 3.78. The predicted molar refractivity (Wildman–Crippen MR) is 127 cm³/mol. The van der Waals surface area contributed by atoms with E-state index in [1.807, 2.05) is 13.8 Å². The SMILES string of the molecule is CC(C)N1Cc2c(n(CC(=O)Nc3ccc(F)cn3)c3cc(C(=O)NC4CCCC4)nn3c2=O)C1=O. The Bertz CT molecular complexity index is 1420. The van der Waals surface area contributed by atoms with E-state index in [1.54, 1.807) is 0 Å². The molecule has 0 bridgehead atoms. The highest BCUT2D eigenvalue weighted by molar-refractivity contribution is 5.99. The first-order valence-corrected chi connectivity index (χ1v) is 11.9. The number of aromatic nitrogens is 4. The van der Waals surface area contributed by atoms with Gasteiger partial charge in [0.1, 0.15) is 29.5 Å². The zero-order valence-corrected chi connectivity index (χ0v) is 20.0. The lowest BCUT2D eigenvalue weighted by Gasteiger charge is -2.20. The van der Waals surface area contributed by atoms with E-state index in [-0.39, 0.29) is 59.5 Å². The molecule has 2 N–H and O–H groups in total. The maximum atomic E-state index is 13.3. The van der Waals surface area contributed by atoms with Crippen LogP contribution in [0.1, 0.15) is 66.1 Å². The summed E-state index contributed by atoms with van der Waals surface area (Å²) < 4.78 is 15.7. The molecule has 1 saturated carbocycles. The Morgan fingerprint density at radius 3 is 2.61 bits per heavy atom. The minimum Gasteiger partial charge on any atom is -0.348 e. The Morgan fingerprint density at radius 2 is 1.94 bits per heavy atom. The van der Waals surface area contributed by atoms with Gasteiger partial charge in [-0.1, -0.05) is 12.8 Å². The Kier molecular flexibility index (Phi) is 6.02. The Hall–Kier alpha value is -4.09. The quantitative estimate of drug-likeness (QED) is 0.535. The van der Waals surface area contributed by atoms with Crippen LogP contribution in [0.25, 0.3) is 5.65 Å². The zero-order chi connectivity index (χ0) is 25.6. The maximum absolute atomic E-state index is 13.3. The van der Waals surface area contributed by atoms with Gasteiger partial charge in [-0.3, -0.25) is 19.2 Å². The molecule has 1 aliphatic carbocycles. The summed E-state index contributed by atoms with van der Waals surface area (Å²) in [6.07, 6.45) is 4.83. The van der Waals surface area contributed by atoms with E-state index >= 15 is 0 Å². The summed E-state index contributed by atoms with van der Waals surface area (Å²) in [4.78, 5) is 57.7. The summed E-state index contributed by atoms with van der Waals surface area (Å²) in [5, 5.41) is 9.75. The maximum Gasteiger partial charge on any atom is 0.280 e. The van der Waals surface area contributed by atoms with E-state index in [9.17, 15) is 23.6 Å². The van der Waals surface area contributed by atoms with Gasteiger partial charge < -0.3 is 20.1 Å². The molecule has 4 heterocycles. The second-order valence-corrected chi connectivity index (χ2v) is 9.41. The number of pyridine rings is 1. The zero-order valence-electron chi connectivity index (χ0n) is 20.0. The molecule has 0 aromatic carbocycles. The van der Waals surface area contributed by atoms with Crippen molar-refractivity contribution in [3.63, 3.8) is 0 Å². The van der Waals surface area contributed by atoms with Gasteiger partial charge in [0.2, 0.25) is 5.91 Å². The molecule has 3 amide bonds. The molecule has 188 valence electrons. The van der Waals surface area contributed by atoms with Gasteiger partial charge in [-0.2, -0.15) is 9.61 Å². The number of fused-ring (bicyclic) bond motifs is 2. The molecule has 0 saturated heterocycles. The van der Waals surface area contributed by atoms with Crippen molar-refractivity contribution >= 4 is 29.2 Å². The lowest BCUT2D eigenvalue weighted by molar-refractivity contribution is -0.116. The molecule has 2 aliphatic rings. The Morgan fingerprint density at radius 1 is 1.19 bits per heavy atom. The minimum absolute atomic E-state index is 0.0326. The van der Waals surface area contributed by atoms with Crippen LogP contribution in [-0.4, -0.2) is 53.9 Å². The Labute approximate surface area is 205 Å². The normalized spacial score (nSPS) is 15.7. The highest BCUT2D eigenvalue weighted by Gasteiger charge is 2.36. The van der Waals surface area contributed by atoms with Gasteiger partial charge in [-0.15, -0.1) is 0 Å². The number of hydrogen-bond donors (Lipinski definition) is 2. The van der Waals surface area contributed by atoms with Gasteiger partial charge in [0, 0.05) is 18.2 Å². The number of halogens is 1. The molecule has 0 unspecified atom stereocenters. The first-order valence-electron chi connectivity index (χ1n) is 11.9. The summed E-state index contributed by atoms with van der Waals surface area (Å²) in [6.45, 7) is 3.40. The van der Waals surface area contributed by atoms with Gasteiger partial charge in [0.15, 0.2) is 5.69 Å². The van der Waals surface area contributed by atoms with E-state index in [4.69, 9.17) is 0 Å². The van der Waals surface area contributed by atoms with Crippen LogP contribution in [0, 0.1) is 5.82 Å². The van der Waals surface area contributed by atoms with Crippen molar-refractivity contribution in [2.75, 3.05) is 5.32 Å². The minimum atomic E-state index is -0.546. The van der Waals surface area contributed by atoms with Crippen molar-refractivity contribution in [2.24, 2.45) is 0 Å². The van der Waals surface area contributed by atoms with Crippen molar-refractivity contribution in [3.8, 4) is 0 Å². The van der Waals surface area contributed by atoms with Crippen LogP contribution < -0.4 is 16.2 Å². The third-order valence-electron chi connectivity index (χ3n) is 6.61. The van der Waals surface area contributed by atoms with Gasteiger partial charge in [0.25, 0.3) is 17.4 Å². The molecule has 1 aliphatic heterocycles. The molecular formula is C24H26FN7O4. The largest absolute Gasteiger partial charge is 0.348 e. The van der Waals surface area contributed by atoms with Crippen molar-refractivity contribution < 1.29 is 18.8 Å². The molecule has 3 aromatic rings. The fraction of sp³-hybridized carbons (Fsp3) is 0.417. The van der Waals surface area contributed by atoms with Gasteiger partial charge in [0.05, 0.1) is 18.3 Å². The van der Waals surface area contributed by atoms with E-state index in [2.05, 4.69) is 20.7 Å². The molecule has 0 atom stereocenters. The van der Waals surface area contributed by atoms with E-state index in [0.717, 1.165) is 42.5 Å². The van der Waals surface area contributed by atoms with Crippen LogP contribution in [0.5, 0.6) is 0 Å².